The number of methoxy groups -OCH3 is 1. The molecule has 1 aliphatic heterocycles. The fourth-order valence-corrected chi connectivity index (χ4v) is 4.16. The van der Waals surface area contributed by atoms with E-state index in [1.807, 2.05) is 19.2 Å². The van der Waals surface area contributed by atoms with Crippen LogP contribution in [-0.2, 0) is 6.54 Å². The largest absolute Gasteiger partial charge is 0.497 e. The third-order valence-electron chi connectivity index (χ3n) is 5.95. The summed E-state index contributed by atoms with van der Waals surface area (Å²) in [5.74, 6) is 1.85. The summed E-state index contributed by atoms with van der Waals surface area (Å²) in [5.41, 5.74) is 2.24. The van der Waals surface area contributed by atoms with Gasteiger partial charge in [0.15, 0.2) is 5.96 Å². The number of hydrogen-bond acceptors (Lipinski definition) is 6. The van der Waals surface area contributed by atoms with Gasteiger partial charge in [0.1, 0.15) is 12.0 Å². The zero-order valence-corrected chi connectivity index (χ0v) is 19.3. The molecule has 31 heavy (non-hydrogen) atoms. The molecular weight excluding hydrogens is 392 g/mol. The van der Waals surface area contributed by atoms with Gasteiger partial charge < -0.3 is 19.5 Å². The highest BCUT2D eigenvalue weighted by Gasteiger charge is 2.23. The van der Waals surface area contributed by atoms with E-state index in [0.29, 0.717) is 0 Å². The predicted molar refractivity (Wildman–Crippen MR) is 123 cm³/mol. The second-order valence-corrected chi connectivity index (χ2v) is 7.70. The summed E-state index contributed by atoms with van der Waals surface area (Å²) >= 11 is 0. The van der Waals surface area contributed by atoms with Gasteiger partial charge in [-0.3, -0.25) is 14.8 Å². The van der Waals surface area contributed by atoms with Crippen LogP contribution in [0.5, 0.6) is 5.75 Å². The molecule has 1 N–H and O–H groups in total. The molecule has 1 aromatic heterocycles. The third-order valence-corrected chi connectivity index (χ3v) is 5.95. The van der Waals surface area contributed by atoms with Crippen molar-refractivity contribution < 1.29 is 9.26 Å². The van der Waals surface area contributed by atoms with Gasteiger partial charge in [-0.05, 0) is 30.8 Å². The molecule has 1 unspecified atom stereocenters. The second kappa shape index (κ2) is 11.7. The first-order chi connectivity index (χ1) is 15.2. The van der Waals surface area contributed by atoms with Crippen LogP contribution in [-0.4, -0.2) is 85.8 Å². The van der Waals surface area contributed by atoms with Crippen LogP contribution in [0.2, 0.25) is 0 Å². The molecule has 0 saturated carbocycles. The zero-order chi connectivity index (χ0) is 22.1. The van der Waals surface area contributed by atoms with Crippen molar-refractivity contribution in [3.05, 3.63) is 47.9 Å². The first-order valence-electron chi connectivity index (χ1n) is 11.1. The van der Waals surface area contributed by atoms with Crippen molar-refractivity contribution in [1.29, 1.82) is 0 Å². The standard InChI is InChI=1S/C23H36N6O2/c1-5-28(6-2)22(19-8-7-9-21(16-19)30-4)17-25-23(24-3)29-13-11-27(12-14-29)18-20-10-15-31-26-20/h7-10,15-16,22H,5-6,11-14,17-18H2,1-4H3,(H,24,25). The van der Waals surface area contributed by atoms with E-state index in [0.717, 1.165) is 69.8 Å². The van der Waals surface area contributed by atoms with Crippen LogP contribution in [0.15, 0.2) is 46.1 Å². The van der Waals surface area contributed by atoms with Crippen molar-refractivity contribution in [2.24, 2.45) is 4.99 Å². The first kappa shape index (κ1) is 23.1. The molecule has 1 aromatic carbocycles. The van der Waals surface area contributed by atoms with E-state index in [-0.39, 0.29) is 6.04 Å². The van der Waals surface area contributed by atoms with Gasteiger partial charge in [-0.1, -0.05) is 31.1 Å². The molecular formula is C23H36N6O2. The molecule has 8 heteroatoms. The smallest absolute Gasteiger partial charge is 0.193 e. The summed E-state index contributed by atoms with van der Waals surface area (Å²) < 4.78 is 10.4. The van der Waals surface area contributed by atoms with E-state index in [2.05, 4.69) is 62.2 Å². The third kappa shape index (κ3) is 6.21. The predicted octanol–water partition coefficient (Wildman–Crippen LogP) is 2.46. The van der Waals surface area contributed by atoms with E-state index < -0.39 is 0 Å². The van der Waals surface area contributed by atoms with E-state index in [4.69, 9.17) is 9.26 Å². The second-order valence-electron chi connectivity index (χ2n) is 7.70. The molecule has 0 bridgehead atoms. The lowest BCUT2D eigenvalue weighted by molar-refractivity contribution is 0.167. The summed E-state index contributed by atoms with van der Waals surface area (Å²) in [4.78, 5) is 11.8. The molecule has 8 nitrogen and oxygen atoms in total. The highest BCUT2D eigenvalue weighted by molar-refractivity contribution is 5.80. The van der Waals surface area contributed by atoms with Gasteiger partial charge in [-0.25, -0.2) is 0 Å². The van der Waals surface area contributed by atoms with Gasteiger partial charge in [0.25, 0.3) is 0 Å². The van der Waals surface area contributed by atoms with Gasteiger partial charge in [-0.2, -0.15) is 0 Å². The first-order valence-corrected chi connectivity index (χ1v) is 11.1. The Morgan fingerprint density at radius 2 is 2.00 bits per heavy atom. The Morgan fingerprint density at radius 3 is 2.61 bits per heavy atom. The number of nitrogens with one attached hydrogen (secondary N) is 1. The number of rotatable bonds is 9. The summed E-state index contributed by atoms with van der Waals surface area (Å²) in [6, 6.07) is 10.5. The van der Waals surface area contributed by atoms with E-state index in [1.54, 1.807) is 13.4 Å². The molecule has 1 atom stereocenters. The van der Waals surface area contributed by atoms with Gasteiger partial charge in [0, 0.05) is 52.4 Å². The molecule has 170 valence electrons. The normalized spacial score (nSPS) is 16.5. The molecule has 2 aromatic rings. The van der Waals surface area contributed by atoms with Crippen molar-refractivity contribution in [3.8, 4) is 5.75 Å². The van der Waals surface area contributed by atoms with Crippen LogP contribution < -0.4 is 10.1 Å². The lowest BCUT2D eigenvalue weighted by Gasteiger charge is -2.37. The van der Waals surface area contributed by atoms with Crippen molar-refractivity contribution in [2.45, 2.75) is 26.4 Å². The lowest BCUT2D eigenvalue weighted by atomic mass is 10.0. The maximum atomic E-state index is 5.46. The number of ether oxygens (including phenoxy) is 1. The number of benzene rings is 1. The van der Waals surface area contributed by atoms with E-state index >= 15 is 0 Å². The van der Waals surface area contributed by atoms with Gasteiger partial charge in [0.05, 0.1) is 18.8 Å². The maximum Gasteiger partial charge on any atom is 0.193 e. The number of nitrogens with zero attached hydrogens (tertiary/aromatic N) is 5. The molecule has 2 heterocycles. The number of hydrogen-bond donors (Lipinski definition) is 1. The van der Waals surface area contributed by atoms with E-state index in [9.17, 15) is 0 Å². The van der Waals surface area contributed by atoms with Crippen LogP contribution in [0.1, 0.15) is 31.1 Å². The minimum absolute atomic E-state index is 0.246. The SMILES string of the molecule is CCN(CC)C(CNC(=NC)N1CCN(Cc2ccon2)CC1)c1cccc(OC)c1. The topological polar surface area (TPSA) is 69.4 Å². The molecule has 1 saturated heterocycles. The summed E-state index contributed by atoms with van der Waals surface area (Å²) in [7, 11) is 3.58. The highest BCUT2D eigenvalue weighted by atomic mass is 16.5. The minimum Gasteiger partial charge on any atom is -0.497 e. The van der Waals surface area contributed by atoms with Crippen LogP contribution in [0.4, 0.5) is 0 Å². The lowest BCUT2D eigenvalue weighted by Crippen LogP contribution is -2.53. The monoisotopic (exact) mass is 428 g/mol. The minimum atomic E-state index is 0.246. The molecule has 1 fully saturated rings. The number of guanidine groups is 1. The van der Waals surface area contributed by atoms with Crippen LogP contribution in [0, 0.1) is 0 Å². The number of likely N-dealkylation sites (N-methyl/N-ethyl adjacent to an activating group) is 1. The quantitative estimate of drug-likeness (QED) is 0.486. The Morgan fingerprint density at radius 1 is 1.23 bits per heavy atom. The highest BCUT2D eigenvalue weighted by Crippen LogP contribution is 2.24. The maximum absolute atomic E-state index is 5.46. The van der Waals surface area contributed by atoms with Gasteiger partial charge >= 0.3 is 0 Å². The molecule has 1 aliphatic rings. The fourth-order valence-electron chi connectivity index (χ4n) is 4.16. The van der Waals surface area contributed by atoms with Crippen molar-refractivity contribution >= 4 is 5.96 Å². The summed E-state index contributed by atoms with van der Waals surface area (Å²) in [6.07, 6.45) is 1.63. The van der Waals surface area contributed by atoms with Crippen LogP contribution in [0.3, 0.4) is 0 Å². The van der Waals surface area contributed by atoms with Crippen LogP contribution in [0.25, 0.3) is 0 Å². The van der Waals surface area contributed by atoms with E-state index in [1.165, 1.54) is 5.56 Å². The van der Waals surface area contributed by atoms with Crippen LogP contribution >= 0.6 is 0 Å². The molecule has 0 aliphatic carbocycles. The summed E-state index contributed by atoms with van der Waals surface area (Å²) in [6.45, 7) is 11.8. The van der Waals surface area contributed by atoms with Crippen molar-refractivity contribution in [3.63, 3.8) is 0 Å². The number of aliphatic imine (C=N–C) groups is 1. The Kier molecular flexibility index (Phi) is 8.73. The van der Waals surface area contributed by atoms with Gasteiger partial charge in [0.2, 0.25) is 0 Å². The molecule has 0 radical (unpaired) electrons. The summed E-state index contributed by atoms with van der Waals surface area (Å²) in [5, 5.41) is 7.66. The Balaban J connectivity index is 1.60. The number of aromatic nitrogens is 1. The average Bonchev–Trinajstić information content (AvgIpc) is 3.33. The fraction of sp³-hybridized carbons (Fsp3) is 0.565. The average molecular weight is 429 g/mol. The molecule has 0 amide bonds. The molecule has 0 spiro atoms. The Labute approximate surface area is 185 Å². The van der Waals surface area contributed by atoms with Gasteiger partial charge in [-0.15, -0.1) is 0 Å². The van der Waals surface area contributed by atoms with Crippen molar-refractivity contribution in [1.82, 2.24) is 25.2 Å². The zero-order valence-electron chi connectivity index (χ0n) is 19.3. The Bertz CT molecular complexity index is 798. The number of piperazine rings is 1. The van der Waals surface area contributed by atoms with Crippen molar-refractivity contribution in [2.75, 3.05) is 60.0 Å². The Hall–Kier alpha value is -2.58. The molecule has 3 rings (SSSR count).